The molecule has 0 spiro atoms. The molecule has 1 aromatic rings. The summed E-state index contributed by atoms with van der Waals surface area (Å²) in [5.41, 5.74) is 2.14. The van der Waals surface area contributed by atoms with Crippen molar-refractivity contribution in [2.24, 2.45) is 16.7 Å². The van der Waals surface area contributed by atoms with Gasteiger partial charge in [0.2, 0.25) is 0 Å². The second kappa shape index (κ2) is 6.40. The first-order chi connectivity index (χ1) is 9.36. The first kappa shape index (κ1) is 16.4. The van der Waals surface area contributed by atoms with Gasteiger partial charge in [0, 0.05) is 10.4 Å². The number of rotatable bonds is 3. The lowest BCUT2D eigenvalue weighted by Gasteiger charge is -2.43. The van der Waals surface area contributed by atoms with Gasteiger partial charge in [-0.2, -0.15) is 0 Å². The van der Waals surface area contributed by atoms with E-state index in [-0.39, 0.29) is 0 Å². The standard InChI is InChI=1S/C18H26BrCl/c1-17(2,3)15-8-10-18(13-20,11-9-15)12-14-6-4-5-7-16(14)19/h4-7,15H,8-13H2,1-3H3. The molecule has 1 saturated carbocycles. The van der Waals surface area contributed by atoms with E-state index >= 15 is 0 Å². The van der Waals surface area contributed by atoms with Crippen molar-refractivity contribution in [1.82, 2.24) is 0 Å². The quantitative estimate of drug-likeness (QED) is 0.545. The van der Waals surface area contributed by atoms with Crippen LogP contribution in [0.3, 0.4) is 0 Å². The maximum absolute atomic E-state index is 6.39. The van der Waals surface area contributed by atoms with E-state index in [2.05, 4.69) is 61.0 Å². The molecule has 0 N–H and O–H groups in total. The van der Waals surface area contributed by atoms with E-state index in [9.17, 15) is 0 Å². The topological polar surface area (TPSA) is 0 Å². The lowest BCUT2D eigenvalue weighted by Crippen LogP contribution is -2.35. The summed E-state index contributed by atoms with van der Waals surface area (Å²) < 4.78 is 1.22. The molecule has 1 aliphatic rings. The Labute approximate surface area is 137 Å². The third kappa shape index (κ3) is 3.80. The minimum atomic E-state index is 0.299. The summed E-state index contributed by atoms with van der Waals surface area (Å²) in [5, 5.41) is 0. The average molecular weight is 358 g/mol. The molecule has 0 aromatic heterocycles. The Morgan fingerprint density at radius 1 is 1.20 bits per heavy atom. The summed E-state index contributed by atoms with van der Waals surface area (Å²) in [6.45, 7) is 7.12. The fourth-order valence-corrected chi connectivity index (χ4v) is 4.29. The van der Waals surface area contributed by atoms with Gasteiger partial charge in [-0.15, -0.1) is 11.6 Å². The molecule has 0 atom stereocenters. The monoisotopic (exact) mass is 356 g/mol. The summed E-state index contributed by atoms with van der Waals surface area (Å²) in [6.07, 6.45) is 6.27. The highest BCUT2D eigenvalue weighted by atomic mass is 79.9. The van der Waals surface area contributed by atoms with Gasteiger partial charge >= 0.3 is 0 Å². The normalized spacial score (nSPS) is 27.6. The van der Waals surface area contributed by atoms with Crippen LogP contribution in [0.15, 0.2) is 28.7 Å². The van der Waals surface area contributed by atoms with Crippen LogP contribution in [0, 0.1) is 16.7 Å². The van der Waals surface area contributed by atoms with Gasteiger partial charge < -0.3 is 0 Å². The molecule has 112 valence electrons. The summed E-state index contributed by atoms with van der Waals surface area (Å²) >= 11 is 10.1. The zero-order valence-corrected chi connectivity index (χ0v) is 15.2. The van der Waals surface area contributed by atoms with Crippen molar-refractivity contribution < 1.29 is 0 Å². The highest BCUT2D eigenvalue weighted by Gasteiger charge is 2.38. The smallest absolute Gasteiger partial charge is 0.0283 e. The van der Waals surface area contributed by atoms with Crippen LogP contribution in [0.4, 0.5) is 0 Å². The second-order valence-corrected chi connectivity index (χ2v) is 8.66. The fourth-order valence-electron chi connectivity index (χ4n) is 3.50. The van der Waals surface area contributed by atoms with E-state index in [1.165, 1.54) is 35.7 Å². The zero-order chi connectivity index (χ0) is 14.8. The molecule has 1 aliphatic carbocycles. The van der Waals surface area contributed by atoms with Crippen LogP contribution in [0.2, 0.25) is 0 Å². The van der Waals surface area contributed by atoms with Crippen molar-refractivity contribution in [3.8, 4) is 0 Å². The first-order valence-electron chi connectivity index (χ1n) is 7.66. The number of halogens is 2. The van der Waals surface area contributed by atoms with Crippen LogP contribution in [0.1, 0.15) is 52.0 Å². The van der Waals surface area contributed by atoms with Crippen LogP contribution < -0.4 is 0 Å². The molecule has 0 amide bonds. The van der Waals surface area contributed by atoms with Gasteiger partial charge in [-0.25, -0.2) is 0 Å². The third-order valence-electron chi connectivity index (χ3n) is 5.08. The number of alkyl halides is 1. The Hall–Kier alpha value is -0.0100. The average Bonchev–Trinajstić information content (AvgIpc) is 2.41. The lowest BCUT2D eigenvalue weighted by atomic mass is 9.63. The summed E-state index contributed by atoms with van der Waals surface area (Å²) in [7, 11) is 0. The van der Waals surface area contributed by atoms with Crippen LogP contribution in [0.25, 0.3) is 0 Å². The van der Waals surface area contributed by atoms with E-state index in [0.717, 1.165) is 18.2 Å². The molecule has 0 saturated heterocycles. The largest absolute Gasteiger partial charge is 0.126 e. The van der Waals surface area contributed by atoms with E-state index in [1.54, 1.807) is 0 Å². The molecule has 2 heteroatoms. The van der Waals surface area contributed by atoms with E-state index < -0.39 is 0 Å². The predicted molar refractivity (Wildman–Crippen MR) is 92.4 cm³/mol. The van der Waals surface area contributed by atoms with Gasteiger partial charge in [0.1, 0.15) is 0 Å². The van der Waals surface area contributed by atoms with Crippen molar-refractivity contribution in [1.29, 1.82) is 0 Å². The summed E-state index contributed by atoms with van der Waals surface area (Å²) in [5.74, 6) is 1.63. The van der Waals surface area contributed by atoms with Crippen molar-refractivity contribution in [3.05, 3.63) is 34.3 Å². The molecule has 0 aliphatic heterocycles. The maximum Gasteiger partial charge on any atom is 0.0283 e. The SMILES string of the molecule is CC(C)(C)C1CCC(CCl)(Cc2ccccc2Br)CC1. The Morgan fingerprint density at radius 2 is 1.80 bits per heavy atom. The molecule has 1 fully saturated rings. The Kier molecular flexibility index (Phi) is 5.24. The van der Waals surface area contributed by atoms with Crippen LogP contribution in [0.5, 0.6) is 0 Å². The number of hydrogen-bond donors (Lipinski definition) is 0. The molecule has 0 unspecified atom stereocenters. The van der Waals surface area contributed by atoms with Crippen molar-refractivity contribution in [2.75, 3.05) is 5.88 Å². The van der Waals surface area contributed by atoms with Gasteiger partial charge in [-0.05, 0) is 60.5 Å². The van der Waals surface area contributed by atoms with Crippen molar-refractivity contribution in [3.63, 3.8) is 0 Å². The van der Waals surface area contributed by atoms with E-state index in [0.29, 0.717) is 10.8 Å². The van der Waals surface area contributed by atoms with Crippen molar-refractivity contribution >= 4 is 27.5 Å². The predicted octanol–water partition coefficient (Wildman–Crippen LogP) is 6.45. The molecular formula is C18H26BrCl. The third-order valence-corrected chi connectivity index (χ3v) is 6.42. The van der Waals surface area contributed by atoms with Gasteiger partial charge in [-0.1, -0.05) is 54.9 Å². The number of benzene rings is 1. The Balaban J connectivity index is 2.08. The van der Waals surface area contributed by atoms with E-state index in [1.807, 2.05) is 0 Å². The van der Waals surface area contributed by atoms with Crippen LogP contribution >= 0.6 is 27.5 Å². The molecule has 0 heterocycles. The highest BCUT2D eigenvalue weighted by Crippen LogP contribution is 2.47. The molecule has 1 aromatic carbocycles. The molecular weight excluding hydrogens is 332 g/mol. The van der Waals surface area contributed by atoms with E-state index in [4.69, 9.17) is 11.6 Å². The van der Waals surface area contributed by atoms with Gasteiger partial charge in [0.05, 0.1) is 0 Å². The minimum absolute atomic E-state index is 0.299. The Morgan fingerprint density at radius 3 is 2.30 bits per heavy atom. The van der Waals surface area contributed by atoms with Gasteiger partial charge in [-0.3, -0.25) is 0 Å². The van der Waals surface area contributed by atoms with Crippen LogP contribution in [-0.2, 0) is 6.42 Å². The molecule has 0 bridgehead atoms. The van der Waals surface area contributed by atoms with Crippen molar-refractivity contribution in [2.45, 2.75) is 52.9 Å². The lowest BCUT2D eigenvalue weighted by molar-refractivity contribution is 0.102. The fraction of sp³-hybridized carbons (Fsp3) is 0.667. The number of hydrogen-bond acceptors (Lipinski definition) is 0. The second-order valence-electron chi connectivity index (χ2n) is 7.54. The first-order valence-corrected chi connectivity index (χ1v) is 8.98. The molecule has 2 rings (SSSR count). The zero-order valence-electron chi connectivity index (χ0n) is 12.9. The van der Waals surface area contributed by atoms with Gasteiger partial charge in [0.15, 0.2) is 0 Å². The minimum Gasteiger partial charge on any atom is -0.126 e. The van der Waals surface area contributed by atoms with Gasteiger partial charge in [0.25, 0.3) is 0 Å². The molecule has 20 heavy (non-hydrogen) atoms. The summed E-state index contributed by atoms with van der Waals surface area (Å²) in [4.78, 5) is 0. The maximum atomic E-state index is 6.39. The molecule has 0 radical (unpaired) electrons. The summed E-state index contributed by atoms with van der Waals surface area (Å²) in [6, 6.07) is 8.58. The highest BCUT2D eigenvalue weighted by molar-refractivity contribution is 9.10. The Bertz CT molecular complexity index is 439. The molecule has 0 nitrogen and oxygen atoms in total. The van der Waals surface area contributed by atoms with Crippen LogP contribution in [-0.4, -0.2) is 5.88 Å².